The summed E-state index contributed by atoms with van der Waals surface area (Å²) < 4.78 is 6.01. The van der Waals surface area contributed by atoms with Crippen molar-refractivity contribution in [3.8, 4) is 5.75 Å². The summed E-state index contributed by atoms with van der Waals surface area (Å²) in [4.78, 5) is 15.6. The quantitative estimate of drug-likeness (QED) is 0.502. The lowest BCUT2D eigenvalue weighted by Crippen LogP contribution is -2.07. The molecule has 0 unspecified atom stereocenters. The van der Waals surface area contributed by atoms with Gasteiger partial charge in [0.2, 0.25) is 0 Å². The molecule has 0 amide bonds. The van der Waals surface area contributed by atoms with E-state index in [4.69, 9.17) is 16.3 Å². The molecule has 0 atom stereocenters. The summed E-state index contributed by atoms with van der Waals surface area (Å²) in [5.41, 5.74) is 3.60. The Hall–Kier alpha value is -3.12. The Bertz CT molecular complexity index is 1030. The van der Waals surface area contributed by atoms with Gasteiger partial charge in [0.1, 0.15) is 17.6 Å². The van der Waals surface area contributed by atoms with Gasteiger partial charge >= 0.3 is 0 Å². The number of halogens is 1. The molecule has 2 aromatic heterocycles. The Balaban J connectivity index is 1.45. The first-order chi connectivity index (χ1) is 13.3. The van der Waals surface area contributed by atoms with Crippen LogP contribution in [0.15, 0.2) is 61.2 Å². The molecule has 0 fully saturated rings. The van der Waals surface area contributed by atoms with Crippen LogP contribution in [0.3, 0.4) is 0 Å². The summed E-state index contributed by atoms with van der Waals surface area (Å²) in [7, 11) is 0. The van der Waals surface area contributed by atoms with Gasteiger partial charge in [-0.2, -0.15) is 0 Å². The van der Waals surface area contributed by atoms with Gasteiger partial charge in [-0.1, -0.05) is 41.9 Å². The molecule has 0 aliphatic rings. The Morgan fingerprint density at radius 2 is 1.93 bits per heavy atom. The molecule has 0 spiro atoms. The van der Waals surface area contributed by atoms with Crippen molar-refractivity contribution in [1.29, 1.82) is 0 Å². The summed E-state index contributed by atoms with van der Waals surface area (Å²) >= 11 is 6.18. The van der Waals surface area contributed by atoms with Gasteiger partial charge in [-0.15, -0.1) is 0 Å². The second-order valence-electron chi connectivity index (χ2n) is 6.01. The molecular weight excluding hydrogens is 362 g/mol. The molecule has 0 saturated carbocycles. The number of aromatic amines is 1. The summed E-state index contributed by atoms with van der Waals surface area (Å²) in [6.45, 7) is 1.11. The van der Waals surface area contributed by atoms with Gasteiger partial charge in [0.05, 0.1) is 12.9 Å². The summed E-state index contributed by atoms with van der Waals surface area (Å²) in [6, 6.07) is 15.9. The number of H-pyrrole nitrogens is 1. The number of rotatable bonds is 7. The third-order valence-electron chi connectivity index (χ3n) is 4.18. The van der Waals surface area contributed by atoms with Crippen molar-refractivity contribution in [2.24, 2.45) is 0 Å². The Morgan fingerprint density at radius 3 is 2.81 bits per heavy atom. The number of fused-ring (bicyclic) bond motifs is 1. The van der Waals surface area contributed by atoms with Crippen LogP contribution in [0, 0.1) is 0 Å². The molecule has 2 aromatic carbocycles. The van der Waals surface area contributed by atoms with E-state index in [0.29, 0.717) is 29.6 Å². The van der Waals surface area contributed by atoms with E-state index in [9.17, 15) is 0 Å². The number of imidazole rings is 1. The highest BCUT2D eigenvalue weighted by Crippen LogP contribution is 2.25. The van der Waals surface area contributed by atoms with E-state index < -0.39 is 0 Å². The number of benzene rings is 2. The van der Waals surface area contributed by atoms with E-state index in [2.05, 4.69) is 37.4 Å². The number of hydrogen-bond acceptors (Lipinski definition) is 5. The molecule has 27 heavy (non-hydrogen) atoms. The Morgan fingerprint density at radius 1 is 1.04 bits per heavy atom. The molecule has 0 radical (unpaired) electrons. The van der Waals surface area contributed by atoms with Crippen molar-refractivity contribution in [3.63, 3.8) is 0 Å². The standard InChI is InChI=1S/C20H18ClN5O/c21-16-6-7-17(27-9-8-14-4-2-1-3-5-14)15(10-16)11-22-19-18-20(24-12-23-18)26-13-25-19/h1-7,10,12-13H,8-9,11H2,(H2,22,23,24,25,26). The third-order valence-corrected chi connectivity index (χ3v) is 4.42. The molecular formula is C20H18ClN5O. The van der Waals surface area contributed by atoms with Crippen molar-refractivity contribution in [1.82, 2.24) is 19.9 Å². The van der Waals surface area contributed by atoms with Crippen LogP contribution < -0.4 is 10.1 Å². The van der Waals surface area contributed by atoms with Crippen LogP contribution >= 0.6 is 11.6 Å². The molecule has 4 rings (SSSR count). The van der Waals surface area contributed by atoms with E-state index in [0.717, 1.165) is 23.3 Å². The van der Waals surface area contributed by atoms with Crippen molar-refractivity contribution in [3.05, 3.63) is 77.3 Å². The molecule has 0 bridgehead atoms. The van der Waals surface area contributed by atoms with E-state index in [-0.39, 0.29) is 0 Å². The maximum Gasteiger partial charge on any atom is 0.182 e. The van der Waals surface area contributed by atoms with E-state index in [1.807, 2.05) is 36.4 Å². The number of ether oxygens (including phenoxy) is 1. The first-order valence-corrected chi connectivity index (χ1v) is 9.00. The summed E-state index contributed by atoms with van der Waals surface area (Å²) in [5.74, 6) is 1.49. The Labute approximate surface area is 161 Å². The molecule has 6 nitrogen and oxygen atoms in total. The number of anilines is 1. The lowest BCUT2D eigenvalue weighted by molar-refractivity contribution is 0.319. The molecule has 2 heterocycles. The smallest absolute Gasteiger partial charge is 0.182 e. The van der Waals surface area contributed by atoms with Gasteiger partial charge < -0.3 is 15.0 Å². The second-order valence-corrected chi connectivity index (χ2v) is 6.45. The molecule has 0 aliphatic carbocycles. The van der Waals surface area contributed by atoms with Gasteiger partial charge in [-0.25, -0.2) is 15.0 Å². The fourth-order valence-corrected chi connectivity index (χ4v) is 3.02. The predicted molar refractivity (Wildman–Crippen MR) is 106 cm³/mol. The van der Waals surface area contributed by atoms with E-state index in [1.54, 1.807) is 6.33 Å². The minimum absolute atomic E-state index is 0.520. The van der Waals surface area contributed by atoms with Crippen LogP contribution in [0.5, 0.6) is 5.75 Å². The summed E-state index contributed by atoms with van der Waals surface area (Å²) in [5, 5.41) is 3.97. The minimum Gasteiger partial charge on any atom is -0.493 e. The molecule has 136 valence electrons. The number of nitrogens with zero attached hydrogens (tertiary/aromatic N) is 3. The van der Waals surface area contributed by atoms with Gasteiger partial charge in [0.25, 0.3) is 0 Å². The van der Waals surface area contributed by atoms with Crippen LogP contribution in [-0.4, -0.2) is 26.5 Å². The highest BCUT2D eigenvalue weighted by Gasteiger charge is 2.09. The maximum absolute atomic E-state index is 6.18. The second kappa shape index (κ2) is 8.05. The fraction of sp³-hybridized carbons (Fsp3) is 0.150. The van der Waals surface area contributed by atoms with Gasteiger partial charge in [0, 0.05) is 23.6 Å². The average Bonchev–Trinajstić information content (AvgIpc) is 3.18. The highest BCUT2D eigenvalue weighted by atomic mass is 35.5. The van der Waals surface area contributed by atoms with Crippen LogP contribution in [0.4, 0.5) is 5.82 Å². The van der Waals surface area contributed by atoms with Gasteiger partial charge in [0.15, 0.2) is 11.5 Å². The summed E-state index contributed by atoms with van der Waals surface area (Å²) in [6.07, 6.45) is 3.93. The largest absolute Gasteiger partial charge is 0.493 e. The van der Waals surface area contributed by atoms with Gasteiger partial charge in [-0.05, 0) is 23.8 Å². The zero-order valence-corrected chi connectivity index (χ0v) is 15.3. The molecule has 0 saturated heterocycles. The van der Waals surface area contributed by atoms with Crippen molar-refractivity contribution < 1.29 is 4.74 Å². The molecule has 4 aromatic rings. The number of hydrogen-bond donors (Lipinski definition) is 2. The highest BCUT2D eigenvalue weighted by molar-refractivity contribution is 6.30. The minimum atomic E-state index is 0.520. The average molecular weight is 380 g/mol. The van der Waals surface area contributed by atoms with Crippen LogP contribution in [0.1, 0.15) is 11.1 Å². The monoisotopic (exact) mass is 379 g/mol. The molecule has 0 aliphatic heterocycles. The van der Waals surface area contributed by atoms with E-state index >= 15 is 0 Å². The van der Waals surface area contributed by atoms with Crippen LogP contribution in [-0.2, 0) is 13.0 Å². The first kappa shape index (κ1) is 17.3. The van der Waals surface area contributed by atoms with Gasteiger partial charge in [-0.3, -0.25) is 0 Å². The topological polar surface area (TPSA) is 75.7 Å². The lowest BCUT2D eigenvalue weighted by Gasteiger charge is -2.13. The number of nitrogens with one attached hydrogen (secondary N) is 2. The fourth-order valence-electron chi connectivity index (χ4n) is 2.83. The normalized spacial score (nSPS) is 10.9. The van der Waals surface area contributed by atoms with Crippen molar-refractivity contribution >= 4 is 28.6 Å². The Kier molecular flexibility index (Phi) is 5.16. The van der Waals surface area contributed by atoms with Crippen LogP contribution in [0.25, 0.3) is 11.2 Å². The molecule has 7 heteroatoms. The van der Waals surface area contributed by atoms with Crippen molar-refractivity contribution in [2.45, 2.75) is 13.0 Å². The number of aromatic nitrogens is 4. The predicted octanol–water partition coefficient (Wildman–Crippen LogP) is 4.24. The van der Waals surface area contributed by atoms with Crippen LogP contribution in [0.2, 0.25) is 5.02 Å². The maximum atomic E-state index is 6.18. The molecule has 2 N–H and O–H groups in total. The zero-order chi connectivity index (χ0) is 18.5. The SMILES string of the molecule is Clc1ccc(OCCc2ccccc2)c(CNc2ncnc3nc[nH]c23)c1. The first-order valence-electron chi connectivity index (χ1n) is 8.63. The third kappa shape index (κ3) is 4.17. The zero-order valence-electron chi connectivity index (χ0n) is 14.5. The van der Waals surface area contributed by atoms with Crippen molar-refractivity contribution in [2.75, 3.05) is 11.9 Å². The lowest BCUT2D eigenvalue weighted by atomic mass is 10.1. The van der Waals surface area contributed by atoms with E-state index in [1.165, 1.54) is 11.9 Å².